The van der Waals surface area contributed by atoms with Crippen LogP contribution in [0.5, 0.6) is 0 Å². The van der Waals surface area contributed by atoms with Gasteiger partial charge in [-0.2, -0.15) is 0 Å². The minimum atomic E-state index is -3.42. The van der Waals surface area contributed by atoms with Crippen molar-refractivity contribution in [1.29, 1.82) is 0 Å². The second-order valence-corrected chi connectivity index (χ2v) is 5.98. The molecule has 0 aliphatic rings. The Morgan fingerprint density at radius 3 is 2.56 bits per heavy atom. The summed E-state index contributed by atoms with van der Waals surface area (Å²) in [5, 5.41) is 3.20. The third-order valence-electron chi connectivity index (χ3n) is 2.70. The van der Waals surface area contributed by atoms with Crippen LogP contribution >= 0.6 is 0 Å². The minimum Gasteiger partial charge on any atom is -0.397 e. The van der Waals surface area contributed by atoms with Crippen molar-refractivity contribution in [2.24, 2.45) is 0 Å². The largest absolute Gasteiger partial charge is 0.397 e. The molecule has 0 aliphatic heterocycles. The van der Waals surface area contributed by atoms with E-state index in [1.165, 1.54) is 19.5 Å². The first-order valence-electron chi connectivity index (χ1n) is 6.08. The molecule has 0 atom stereocenters. The highest BCUT2D eigenvalue weighted by atomic mass is 32.2. The highest BCUT2D eigenvalue weighted by Crippen LogP contribution is 2.22. The summed E-state index contributed by atoms with van der Waals surface area (Å²) in [5.74, 6) is 0. The molecule has 5 nitrogen and oxygen atoms in total. The maximum atomic E-state index is 11.6. The van der Waals surface area contributed by atoms with E-state index in [0.717, 1.165) is 25.1 Å². The molecule has 0 saturated carbocycles. The Labute approximate surface area is 109 Å². The van der Waals surface area contributed by atoms with Gasteiger partial charge in [-0.05, 0) is 31.7 Å². The van der Waals surface area contributed by atoms with Gasteiger partial charge >= 0.3 is 0 Å². The lowest BCUT2D eigenvalue weighted by Gasteiger charge is -2.10. The molecule has 1 rings (SSSR count). The van der Waals surface area contributed by atoms with Crippen LogP contribution in [0.2, 0.25) is 0 Å². The quantitative estimate of drug-likeness (QED) is 0.521. The number of sulfonamides is 1. The zero-order valence-corrected chi connectivity index (χ0v) is 11.7. The number of hydrogen-bond donors (Lipinski definition) is 3. The summed E-state index contributed by atoms with van der Waals surface area (Å²) in [6.45, 7) is 2.99. The summed E-state index contributed by atoms with van der Waals surface area (Å²) < 4.78 is 25.4. The molecule has 0 spiro atoms. The molecule has 102 valence electrons. The Bertz CT molecular complexity index is 486. The number of nitrogens with two attached hydrogens (primary N) is 1. The Balaban J connectivity index is 2.74. The third-order valence-corrected chi connectivity index (χ3v) is 4.11. The Kier molecular flexibility index (Phi) is 5.43. The zero-order chi connectivity index (χ0) is 13.6. The van der Waals surface area contributed by atoms with E-state index in [1.54, 1.807) is 12.1 Å². The van der Waals surface area contributed by atoms with Gasteiger partial charge in [0.05, 0.1) is 16.3 Å². The van der Waals surface area contributed by atoms with Crippen LogP contribution in [-0.2, 0) is 10.0 Å². The molecule has 0 aliphatic carbocycles. The van der Waals surface area contributed by atoms with E-state index in [2.05, 4.69) is 17.0 Å². The minimum absolute atomic E-state index is 0.182. The molecule has 1 aromatic carbocycles. The number of unbranched alkanes of at least 4 members (excludes halogenated alkanes) is 2. The fourth-order valence-corrected chi connectivity index (χ4v) is 2.35. The van der Waals surface area contributed by atoms with Crippen LogP contribution in [0.15, 0.2) is 23.1 Å². The molecular formula is C12H21N3O2S. The second kappa shape index (κ2) is 6.61. The molecule has 0 radical (unpaired) electrons. The van der Waals surface area contributed by atoms with Crippen molar-refractivity contribution < 1.29 is 8.42 Å². The standard InChI is InChI=1S/C12H21N3O2S/c1-3-4-5-8-15-12-7-6-10(9-11(12)13)18(16,17)14-2/h6-7,9,14-15H,3-5,8,13H2,1-2H3. The van der Waals surface area contributed by atoms with Crippen LogP contribution < -0.4 is 15.8 Å². The van der Waals surface area contributed by atoms with Gasteiger partial charge in [0, 0.05) is 6.54 Å². The molecule has 0 amide bonds. The molecule has 18 heavy (non-hydrogen) atoms. The molecule has 0 aromatic heterocycles. The number of nitrogens with one attached hydrogen (secondary N) is 2. The SMILES string of the molecule is CCCCCNc1ccc(S(=O)(=O)NC)cc1N. The van der Waals surface area contributed by atoms with Crippen LogP contribution in [-0.4, -0.2) is 22.0 Å². The molecule has 0 fully saturated rings. The molecular weight excluding hydrogens is 250 g/mol. The summed E-state index contributed by atoms with van der Waals surface area (Å²) in [6.07, 6.45) is 3.40. The van der Waals surface area contributed by atoms with E-state index in [0.29, 0.717) is 5.69 Å². The average Bonchev–Trinajstić information content (AvgIpc) is 2.36. The number of hydrogen-bond acceptors (Lipinski definition) is 4. The van der Waals surface area contributed by atoms with Gasteiger partial charge in [-0.3, -0.25) is 0 Å². The number of rotatable bonds is 7. The van der Waals surface area contributed by atoms with Gasteiger partial charge in [0.15, 0.2) is 0 Å². The van der Waals surface area contributed by atoms with Crippen LogP contribution in [0, 0.1) is 0 Å². The predicted molar refractivity (Wildman–Crippen MR) is 75.1 cm³/mol. The van der Waals surface area contributed by atoms with Crippen molar-refractivity contribution in [3.05, 3.63) is 18.2 Å². The molecule has 0 saturated heterocycles. The molecule has 4 N–H and O–H groups in total. The highest BCUT2D eigenvalue weighted by Gasteiger charge is 2.12. The number of anilines is 2. The summed E-state index contributed by atoms with van der Waals surface area (Å²) in [5.41, 5.74) is 7.06. The zero-order valence-electron chi connectivity index (χ0n) is 10.9. The fourth-order valence-electron chi connectivity index (χ4n) is 1.58. The maximum absolute atomic E-state index is 11.6. The van der Waals surface area contributed by atoms with E-state index in [1.807, 2.05) is 0 Å². The van der Waals surface area contributed by atoms with Crippen molar-refractivity contribution >= 4 is 21.4 Å². The first-order valence-corrected chi connectivity index (χ1v) is 7.56. The van der Waals surface area contributed by atoms with Gasteiger partial charge in [-0.1, -0.05) is 19.8 Å². The van der Waals surface area contributed by atoms with Crippen molar-refractivity contribution in [3.63, 3.8) is 0 Å². The molecule has 6 heteroatoms. The van der Waals surface area contributed by atoms with Crippen LogP contribution in [0.1, 0.15) is 26.2 Å². The van der Waals surface area contributed by atoms with E-state index in [4.69, 9.17) is 5.73 Å². The monoisotopic (exact) mass is 271 g/mol. The van der Waals surface area contributed by atoms with Gasteiger partial charge in [0.25, 0.3) is 0 Å². The van der Waals surface area contributed by atoms with Crippen molar-refractivity contribution in [1.82, 2.24) is 4.72 Å². The Hall–Kier alpha value is -1.27. The van der Waals surface area contributed by atoms with Crippen LogP contribution in [0.25, 0.3) is 0 Å². The van der Waals surface area contributed by atoms with E-state index < -0.39 is 10.0 Å². The first kappa shape index (κ1) is 14.8. The predicted octanol–water partition coefficient (Wildman–Crippen LogP) is 1.78. The van der Waals surface area contributed by atoms with Crippen molar-refractivity contribution in [3.8, 4) is 0 Å². The lowest BCUT2D eigenvalue weighted by Crippen LogP contribution is -2.18. The second-order valence-electron chi connectivity index (χ2n) is 4.09. The van der Waals surface area contributed by atoms with Crippen molar-refractivity contribution in [2.75, 3.05) is 24.6 Å². The highest BCUT2D eigenvalue weighted by molar-refractivity contribution is 7.89. The van der Waals surface area contributed by atoms with Crippen LogP contribution in [0.4, 0.5) is 11.4 Å². The molecule has 0 bridgehead atoms. The fraction of sp³-hybridized carbons (Fsp3) is 0.500. The van der Waals surface area contributed by atoms with Gasteiger partial charge in [0.1, 0.15) is 0 Å². The maximum Gasteiger partial charge on any atom is 0.240 e. The van der Waals surface area contributed by atoms with Gasteiger partial charge in [-0.25, -0.2) is 13.1 Å². The van der Waals surface area contributed by atoms with Gasteiger partial charge in [0.2, 0.25) is 10.0 Å². The molecule has 0 unspecified atom stereocenters. The smallest absolute Gasteiger partial charge is 0.240 e. The van der Waals surface area contributed by atoms with Crippen molar-refractivity contribution in [2.45, 2.75) is 31.1 Å². The summed E-state index contributed by atoms with van der Waals surface area (Å²) in [4.78, 5) is 0.182. The summed E-state index contributed by atoms with van der Waals surface area (Å²) >= 11 is 0. The summed E-state index contributed by atoms with van der Waals surface area (Å²) in [6, 6.07) is 4.71. The average molecular weight is 271 g/mol. The van der Waals surface area contributed by atoms with E-state index in [9.17, 15) is 8.42 Å². The Morgan fingerprint density at radius 1 is 1.28 bits per heavy atom. The Morgan fingerprint density at radius 2 is 2.00 bits per heavy atom. The normalized spacial score (nSPS) is 11.4. The van der Waals surface area contributed by atoms with E-state index >= 15 is 0 Å². The number of nitrogen functional groups attached to an aromatic ring is 1. The third kappa shape index (κ3) is 3.89. The topological polar surface area (TPSA) is 84.2 Å². The summed E-state index contributed by atoms with van der Waals surface area (Å²) in [7, 11) is -2.05. The lowest BCUT2D eigenvalue weighted by molar-refractivity contribution is 0.588. The number of benzene rings is 1. The first-order chi connectivity index (χ1) is 8.51. The van der Waals surface area contributed by atoms with Gasteiger partial charge in [-0.15, -0.1) is 0 Å². The molecule has 0 heterocycles. The molecule has 1 aromatic rings. The van der Waals surface area contributed by atoms with Gasteiger partial charge < -0.3 is 11.1 Å². The van der Waals surface area contributed by atoms with E-state index in [-0.39, 0.29) is 4.90 Å². The lowest BCUT2D eigenvalue weighted by atomic mass is 10.2. The van der Waals surface area contributed by atoms with Crippen LogP contribution in [0.3, 0.4) is 0 Å².